The molecule has 0 aliphatic carbocycles. The molecule has 0 unspecified atom stereocenters. The molecule has 2 bridgehead atoms. The first-order valence-corrected chi connectivity index (χ1v) is 8.16. The molecule has 0 aromatic carbocycles. The molecule has 20 heavy (non-hydrogen) atoms. The standard InChI is InChI=1S/C13H19N3O3S/c1-14(2)20(18,19)15-7-10-6-11(9-15)12-4-3-5-13(17)16(12)8-10/h3-5,10-11H,6-9H2,1-2H3/t10-,11-/m0/s1. The van der Waals surface area contributed by atoms with Gasteiger partial charge in [-0.3, -0.25) is 4.79 Å². The Hall–Kier alpha value is -1.18. The summed E-state index contributed by atoms with van der Waals surface area (Å²) >= 11 is 0. The van der Waals surface area contributed by atoms with Crippen LogP contribution in [0.3, 0.4) is 0 Å². The molecule has 3 heterocycles. The van der Waals surface area contributed by atoms with Gasteiger partial charge in [0.15, 0.2) is 0 Å². The molecule has 110 valence electrons. The monoisotopic (exact) mass is 297 g/mol. The van der Waals surface area contributed by atoms with Crippen LogP contribution in [0.4, 0.5) is 0 Å². The second-order valence-electron chi connectivity index (χ2n) is 5.81. The van der Waals surface area contributed by atoms with Gasteiger partial charge in [-0.05, 0) is 18.4 Å². The Bertz CT molecular complexity index is 680. The van der Waals surface area contributed by atoms with E-state index in [0.29, 0.717) is 19.6 Å². The third-order valence-corrected chi connectivity index (χ3v) is 6.11. The van der Waals surface area contributed by atoms with E-state index in [1.54, 1.807) is 35.1 Å². The van der Waals surface area contributed by atoms with Gasteiger partial charge in [0, 0.05) is 51.4 Å². The van der Waals surface area contributed by atoms with Gasteiger partial charge >= 0.3 is 0 Å². The van der Waals surface area contributed by atoms with Crippen molar-refractivity contribution in [3.8, 4) is 0 Å². The van der Waals surface area contributed by atoms with Gasteiger partial charge in [-0.1, -0.05) is 6.07 Å². The summed E-state index contributed by atoms with van der Waals surface area (Å²) in [5.74, 6) is 0.335. The van der Waals surface area contributed by atoms with Crippen LogP contribution in [-0.4, -0.2) is 48.8 Å². The van der Waals surface area contributed by atoms with Gasteiger partial charge in [-0.2, -0.15) is 17.0 Å². The van der Waals surface area contributed by atoms with Gasteiger partial charge < -0.3 is 4.57 Å². The van der Waals surface area contributed by atoms with Crippen LogP contribution < -0.4 is 5.56 Å². The first-order valence-electron chi connectivity index (χ1n) is 6.77. The number of nitrogens with zero attached hydrogens (tertiary/aromatic N) is 3. The van der Waals surface area contributed by atoms with Crippen LogP contribution in [0.1, 0.15) is 18.0 Å². The number of aromatic nitrogens is 1. The maximum Gasteiger partial charge on any atom is 0.281 e. The largest absolute Gasteiger partial charge is 0.312 e. The maximum atomic E-state index is 12.3. The fourth-order valence-electron chi connectivity index (χ4n) is 3.27. The highest BCUT2D eigenvalue weighted by Crippen LogP contribution is 2.36. The lowest BCUT2D eigenvalue weighted by Crippen LogP contribution is -2.51. The Labute approximate surface area is 118 Å². The highest BCUT2D eigenvalue weighted by molar-refractivity contribution is 7.86. The van der Waals surface area contributed by atoms with Crippen molar-refractivity contribution in [3.63, 3.8) is 0 Å². The van der Waals surface area contributed by atoms with E-state index in [4.69, 9.17) is 0 Å². The predicted octanol–water partition coefficient (Wildman–Crippen LogP) is 0.0738. The molecule has 0 amide bonds. The van der Waals surface area contributed by atoms with Crippen LogP contribution in [-0.2, 0) is 16.8 Å². The molecule has 0 radical (unpaired) electrons. The Morgan fingerprint density at radius 1 is 1.20 bits per heavy atom. The average molecular weight is 297 g/mol. The molecule has 3 rings (SSSR count). The Morgan fingerprint density at radius 2 is 1.95 bits per heavy atom. The predicted molar refractivity (Wildman–Crippen MR) is 75.7 cm³/mol. The summed E-state index contributed by atoms with van der Waals surface area (Å²) in [6.07, 6.45) is 0.961. The van der Waals surface area contributed by atoms with Crippen LogP contribution in [0.15, 0.2) is 23.0 Å². The van der Waals surface area contributed by atoms with Crippen molar-refractivity contribution in [3.05, 3.63) is 34.2 Å². The van der Waals surface area contributed by atoms with Gasteiger partial charge in [0.25, 0.3) is 15.8 Å². The second-order valence-corrected chi connectivity index (χ2v) is 7.95. The number of fused-ring (bicyclic) bond motifs is 4. The molecule has 1 aromatic heterocycles. The van der Waals surface area contributed by atoms with E-state index >= 15 is 0 Å². The molecule has 2 aliphatic heterocycles. The number of pyridine rings is 1. The fraction of sp³-hybridized carbons (Fsp3) is 0.615. The molecular formula is C13H19N3O3S. The van der Waals surface area contributed by atoms with E-state index in [1.807, 2.05) is 6.07 Å². The summed E-state index contributed by atoms with van der Waals surface area (Å²) in [6, 6.07) is 5.26. The molecule has 2 aliphatic rings. The first-order chi connectivity index (χ1) is 9.39. The van der Waals surface area contributed by atoms with Crippen molar-refractivity contribution in [2.45, 2.75) is 18.9 Å². The smallest absolute Gasteiger partial charge is 0.281 e. The summed E-state index contributed by atoms with van der Waals surface area (Å²) in [5, 5.41) is 0. The first kappa shape index (κ1) is 13.8. The molecule has 7 heteroatoms. The fourth-order valence-corrected chi connectivity index (χ4v) is 4.50. The van der Waals surface area contributed by atoms with Crippen LogP contribution in [0.25, 0.3) is 0 Å². The van der Waals surface area contributed by atoms with Crippen LogP contribution in [0, 0.1) is 5.92 Å². The summed E-state index contributed by atoms with van der Waals surface area (Å²) in [5.41, 5.74) is 0.980. The van der Waals surface area contributed by atoms with Crippen molar-refractivity contribution in [2.75, 3.05) is 27.2 Å². The van der Waals surface area contributed by atoms with Crippen LogP contribution in [0.2, 0.25) is 0 Å². The van der Waals surface area contributed by atoms with Crippen molar-refractivity contribution >= 4 is 10.2 Å². The number of hydrogen-bond donors (Lipinski definition) is 0. The summed E-state index contributed by atoms with van der Waals surface area (Å²) in [7, 11) is -0.268. The zero-order valence-corrected chi connectivity index (χ0v) is 12.5. The minimum atomic E-state index is -3.38. The quantitative estimate of drug-likeness (QED) is 0.776. The SMILES string of the molecule is CN(C)S(=O)(=O)N1C[C@@H]2C[C@@H](C1)c1cccc(=O)n1C2. The molecule has 6 nitrogen and oxygen atoms in total. The van der Waals surface area contributed by atoms with Gasteiger partial charge in [0.1, 0.15) is 0 Å². The van der Waals surface area contributed by atoms with Crippen molar-refractivity contribution in [1.29, 1.82) is 0 Å². The van der Waals surface area contributed by atoms with E-state index in [2.05, 4.69) is 0 Å². The van der Waals surface area contributed by atoms with E-state index in [1.165, 1.54) is 4.31 Å². The molecule has 1 aromatic rings. The molecular weight excluding hydrogens is 278 g/mol. The maximum absolute atomic E-state index is 12.3. The molecule has 1 saturated heterocycles. The topological polar surface area (TPSA) is 62.6 Å². The van der Waals surface area contributed by atoms with Crippen LogP contribution in [0.5, 0.6) is 0 Å². The van der Waals surface area contributed by atoms with Gasteiger partial charge in [-0.25, -0.2) is 0 Å². The number of rotatable bonds is 2. The molecule has 0 saturated carbocycles. The summed E-state index contributed by atoms with van der Waals surface area (Å²) in [4.78, 5) is 11.9. The van der Waals surface area contributed by atoms with E-state index in [0.717, 1.165) is 12.1 Å². The van der Waals surface area contributed by atoms with E-state index in [-0.39, 0.29) is 17.4 Å². The van der Waals surface area contributed by atoms with Crippen molar-refractivity contribution < 1.29 is 8.42 Å². The molecule has 2 atom stereocenters. The zero-order valence-electron chi connectivity index (χ0n) is 11.7. The third-order valence-electron chi connectivity index (χ3n) is 4.23. The zero-order chi connectivity index (χ0) is 14.5. The van der Waals surface area contributed by atoms with E-state index < -0.39 is 10.2 Å². The average Bonchev–Trinajstić information content (AvgIpc) is 2.39. The van der Waals surface area contributed by atoms with Gasteiger partial charge in [0.05, 0.1) is 0 Å². The summed E-state index contributed by atoms with van der Waals surface area (Å²) < 4.78 is 29.2. The minimum absolute atomic E-state index is 0.0149. The highest BCUT2D eigenvalue weighted by atomic mass is 32.2. The van der Waals surface area contributed by atoms with E-state index in [9.17, 15) is 13.2 Å². The van der Waals surface area contributed by atoms with Crippen molar-refractivity contribution in [1.82, 2.24) is 13.2 Å². The Morgan fingerprint density at radius 3 is 2.65 bits per heavy atom. The lowest BCUT2D eigenvalue weighted by atomic mass is 9.84. The lowest BCUT2D eigenvalue weighted by Gasteiger charge is -2.42. The number of piperidine rings is 1. The Kier molecular flexibility index (Phi) is 3.23. The summed E-state index contributed by atoms with van der Waals surface area (Å²) in [6.45, 7) is 1.57. The van der Waals surface area contributed by atoms with Gasteiger partial charge in [0.2, 0.25) is 0 Å². The Balaban J connectivity index is 1.97. The van der Waals surface area contributed by atoms with Crippen LogP contribution >= 0.6 is 0 Å². The normalized spacial score (nSPS) is 26.6. The second kappa shape index (κ2) is 4.68. The molecule has 1 fully saturated rings. The molecule has 0 spiro atoms. The minimum Gasteiger partial charge on any atom is -0.312 e. The lowest BCUT2D eigenvalue weighted by molar-refractivity contribution is 0.180. The van der Waals surface area contributed by atoms with Crippen molar-refractivity contribution in [2.24, 2.45) is 5.92 Å². The highest BCUT2D eigenvalue weighted by Gasteiger charge is 2.39. The van der Waals surface area contributed by atoms with Gasteiger partial charge in [-0.15, -0.1) is 0 Å². The number of hydrogen-bond acceptors (Lipinski definition) is 3. The third kappa shape index (κ3) is 2.10. The molecule has 0 N–H and O–H groups in total.